The van der Waals surface area contributed by atoms with Gasteiger partial charge in [-0.2, -0.15) is 4.98 Å². The van der Waals surface area contributed by atoms with Gasteiger partial charge < -0.3 is 24.8 Å². The summed E-state index contributed by atoms with van der Waals surface area (Å²) in [6.07, 6.45) is -3.09. The van der Waals surface area contributed by atoms with E-state index in [1.807, 2.05) is 22.6 Å². The average molecular weight is 436 g/mol. The molecule has 126 valence electrons. The molecule has 0 aromatic carbocycles. The Labute approximate surface area is 145 Å². The molecule has 1 fully saturated rings. The van der Waals surface area contributed by atoms with Crippen LogP contribution in [0.2, 0.25) is 0 Å². The summed E-state index contributed by atoms with van der Waals surface area (Å²) in [4.78, 5) is 12.9. The lowest BCUT2D eigenvalue weighted by Gasteiger charge is -2.27. The van der Waals surface area contributed by atoms with Crippen molar-refractivity contribution in [3.63, 3.8) is 0 Å². The molecular formula is C13H17IN4O5. The number of aryl methyl sites for hydroxylation is 1. The Bertz CT molecular complexity index is 750. The average Bonchev–Trinajstić information content (AvgIpc) is 2.93. The first-order valence-corrected chi connectivity index (χ1v) is 8.02. The fourth-order valence-electron chi connectivity index (χ4n) is 2.74. The number of hydrogen-bond donors (Lipinski definition) is 3. The number of aliphatic hydroxyl groups excluding tert-OH is 2. The number of nitrogens with zero attached hydrogens (tertiary/aromatic N) is 4. The van der Waals surface area contributed by atoms with Crippen LogP contribution in [0.5, 0.6) is 5.88 Å². The molecule has 1 aliphatic rings. The van der Waals surface area contributed by atoms with Crippen LogP contribution in [-0.4, -0.2) is 66.4 Å². The zero-order valence-corrected chi connectivity index (χ0v) is 14.9. The molecule has 0 aliphatic carbocycles. The number of hydrogen-bond acceptors (Lipinski definition) is 8. The van der Waals surface area contributed by atoms with Crippen molar-refractivity contribution in [2.24, 2.45) is 0 Å². The van der Waals surface area contributed by atoms with Crippen molar-refractivity contribution in [1.29, 1.82) is 0 Å². The molecule has 2 aromatic heterocycles. The van der Waals surface area contributed by atoms with E-state index in [-0.39, 0.29) is 0 Å². The van der Waals surface area contributed by atoms with Crippen molar-refractivity contribution < 1.29 is 24.8 Å². The molecule has 2 aromatic rings. The predicted octanol–water partition coefficient (Wildman–Crippen LogP) is -0.250. The molecular weight excluding hydrogens is 419 g/mol. The van der Waals surface area contributed by atoms with Crippen molar-refractivity contribution >= 4 is 33.8 Å². The number of ether oxygens (including phenoxy) is 2. The molecule has 4 atom stereocenters. The normalized spacial score (nSPS) is 31.0. The maximum atomic E-state index is 10.7. The summed E-state index contributed by atoms with van der Waals surface area (Å²) in [6, 6.07) is 0. The summed E-state index contributed by atoms with van der Waals surface area (Å²) < 4.78 is 13.0. The number of aliphatic hydroxyl groups is 3. The first kappa shape index (κ1) is 16.8. The number of fused-ring (bicyclic) bond motifs is 1. The second kappa shape index (κ2) is 5.77. The lowest BCUT2D eigenvalue weighted by molar-refractivity contribution is -0.0961. The van der Waals surface area contributed by atoms with Gasteiger partial charge in [0.15, 0.2) is 21.2 Å². The Morgan fingerprint density at radius 2 is 2.09 bits per heavy atom. The van der Waals surface area contributed by atoms with Gasteiger partial charge in [-0.25, -0.2) is 9.97 Å². The minimum Gasteiger partial charge on any atom is -0.479 e. The van der Waals surface area contributed by atoms with Crippen LogP contribution in [0.25, 0.3) is 11.2 Å². The van der Waals surface area contributed by atoms with Crippen LogP contribution >= 0.6 is 22.6 Å². The maximum absolute atomic E-state index is 10.7. The van der Waals surface area contributed by atoms with Crippen LogP contribution in [0.1, 0.15) is 19.0 Å². The van der Waals surface area contributed by atoms with Crippen molar-refractivity contribution in [3.8, 4) is 5.88 Å². The van der Waals surface area contributed by atoms with Crippen molar-refractivity contribution in [3.05, 3.63) is 9.66 Å². The third-order valence-corrected chi connectivity index (χ3v) is 4.70. The molecule has 0 saturated carbocycles. The second-order valence-electron chi connectivity index (χ2n) is 5.58. The van der Waals surface area contributed by atoms with E-state index in [1.54, 1.807) is 11.5 Å². The first-order chi connectivity index (χ1) is 10.8. The largest absolute Gasteiger partial charge is 0.479 e. The highest BCUT2D eigenvalue weighted by Gasteiger charge is 2.53. The summed E-state index contributed by atoms with van der Waals surface area (Å²) in [5, 5.41) is 30.2. The zero-order valence-electron chi connectivity index (χ0n) is 12.8. The molecule has 23 heavy (non-hydrogen) atoms. The van der Waals surface area contributed by atoms with Gasteiger partial charge in [0.05, 0.1) is 13.7 Å². The van der Waals surface area contributed by atoms with Crippen molar-refractivity contribution in [1.82, 2.24) is 19.5 Å². The van der Waals surface area contributed by atoms with Crippen molar-refractivity contribution in [2.75, 3.05) is 13.7 Å². The topological polar surface area (TPSA) is 123 Å². The molecule has 10 heteroatoms. The SMILES string of the molecule is COc1nc(C)nc2c1nc(I)n2C1O[C@H](CO)[C@@H](O)[C@@]1(C)O. The molecule has 3 rings (SSSR count). The Kier molecular flexibility index (Phi) is 4.21. The van der Waals surface area contributed by atoms with Crippen LogP contribution in [0, 0.1) is 10.8 Å². The van der Waals surface area contributed by atoms with Gasteiger partial charge in [0.2, 0.25) is 5.88 Å². The van der Waals surface area contributed by atoms with Crippen LogP contribution < -0.4 is 4.74 Å². The molecule has 1 aliphatic heterocycles. The highest BCUT2D eigenvalue weighted by molar-refractivity contribution is 14.1. The van der Waals surface area contributed by atoms with Gasteiger partial charge in [0.25, 0.3) is 0 Å². The molecule has 9 nitrogen and oxygen atoms in total. The smallest absolute Gasteiger partial charge is 0.245 e. The van der Waals surface area contributed by atoms with E-state index in [1.165, 1.54) is 14.0 Å². The van der Waals surface area contributed by atoms with Crippen LogP contribution in [0.3, 0.4) is 0 Å². The number of halogens is 1. The molecule has 0 bridgehead atoms. The van der Waals surface area contributed by atoms with Gasteiger partial charge in [0.1, 0.15) is 23.6 Å². The fraction of sp³-hybridized carbons (Fsp3) is 0.615. The van der Waals surface area contributed by atoms with E-state index in [9.17, 15) is 15.3 Å². The van der Waals surface area contributed by atoms with Crippen LogP contribution in [0.15, 0.2) is 0 Å². The van der Waals surface area contributed by atoms with Gasteiger partial charge >= 0.3 is 0 Å². The standard InChI is InChI=1S/C13H17IN4O5/c1-5-15-9-7(10(16-5)22-3)17-12(14)18(9)11-13(2,21)8(20)6(4-19)23-11/h6,8,11,19-21H,4H2,1-3H3/t6-,8-,11?,13-/m1/s1. The van der Waals surface area contributed by atoms with Gasteiger partial charge in [-0.15, -0.1) is 0 Å². The second-order valence-corrected chi connectivity index (χ2v) is 6.55. The van der Waals surface area contributed by atoms with Gasteiger partial charge in [-0.05, 0) is 13.8 Å². The van der Waals surface area contributed by atoms with E-state index in [2.05, 4.69) is 15.0 Å². The molecule has 0 amide bonds. The molecule has 0 radical (unpaired) electrons. The number of rotatable bonds is 3. The summed E-state index contributed by atoms with van der Waals surface area (Å²) >= 11 is 1.98. The fourth-order valence-corrected chi connectivity index (χ4v) is 3.46. The van der Waals surface area contributed by atoms with Gasteiger partial charge in [-0.3, -0.25) is 4.57 Å². The lowest BCUT2D eigenvalue weighted by atomic mass is 9.96. The Morgan fingerprint density at radius 1 is 1.39 bits per heavy atom. The molecule has 1 unspecified atom stereocenters. The van der Waals surface area contributed by atoms with E-state index >= 15 is 0 Å². The Morgan fingerprint density at radius 3 is 2.65 bits per heavy atom. The third kappa shape index (κ3) is 2.48. The molecule has 3 heterocycles. The summed E-state index contributed by atoms with van der Waals surface area (Å²) in [5.74, 6) is 0.796. The summed E-state index contributed by atoms with van der Waals surface area (Å²) in [7, 11) is 1.49. The summed E-state index contributed by atoms with van der Waals surface area (Å²) in [5.41, 5.74) is -0.758. The minimum absolute atomic E-state index is 0.320. The van der Waals surface area contributed by atoms with Gasteiger partial charge in [0, 0.05) is 22.6 Å². The molecule has 1 saturated heterocycles. The monoisotopic (exact) mass is 436 g/mol. The van der Waals surface area contributed by atoms with Crippen LogP contribution in [0.4, 0.5) is 0 Å². The third-order valence-electron chi connectivity index (χ3n) is 3.94. The summed E-state index contributed by atoms with van der Waals surface area (Å²) in [6.45, 7) is 2.75. The van der Waals surface area contributed by atoms with E-state index < -0.39 is 30.6 Å². The van der Waals surface area contributed by atoms with E-state index in [4.69, 9.17) is 9.47 Å². The molecule has 0 spiro atoms. The highest BCUT2D eigenvalue weighted by Crippen LogP contribution is 2.41. The Balaban J connectivity index is 2.21. The van der Waals surface area contributed by atoms with E-state index in [0.29, 0.717) is 26.7 Å². The van der Waals surface area contributed by atoms with Gasteiger partial charge in [-0.1, -0.05) is 0 Å². The Hall–Kier alpha value is -1.08. The molecule has 3 N–H and O–H groups in total. The highest BCUT2D eigenvalue weighted by atomic mass is 127. The number of imidazole rings is 1. The zero-order chi connectivity index (χ0) is 16.9. The van der Waals surface area contributed by atoms with Crippen LogP contribution in [-0.2, 0) is 4.74 Å². The predicted molar refractivity (Wildman–Crippen MR) is 87.0 cm³/mol. The van der Waals surface area contributed by atoms with E-state index in [0.717, 1.165) is 0 Å². The maximum Gasteiger partial charge on any atom is 0.245 e. The first-order valence-electron chi connectivity index (χ1n) is 6.94. The minimum atomic E-state index is -1.62. The number of aromatic nitrogens is 4. The number of methoxy groups -OCH3 is 1. The van der Waals surface area contributed by atoms with Crippen molar-refractivity contribution in [2.45, 2.75) is 37.9 Å². The quantitative estimate of drug-likeness (QED) is 0.445. The lowest BCUT2D eigenvalue weighted by Crippen LogP contribution is -2.44.